The van der Waals surface area contributed by atoms with Gasteiger partial charge in [0.05, 0.1) is 10.6 Å². The van der Waals surface area contributed by atoms with Crippen molar-refractivity contribution >= 4 is 28.3 Å². The summed E-state index contributed by atoms with van der Waals surface area (Å²) in [5.74, 6) is 0. The van der Waals surface area contributed by atoms with Crippen LogP contribution in [0.2, 0.25) is 0 Å². The summed E-state index contributed by atoms with van der Waals surface area (Å²) in [5, 5.41) is 3.42. The number of H-pyrrole nitrogens is 1. The van der Waals surface area contributed by atoms with Crippen molar-refractivity contribution in [1.29, 1.82) is 0 Å². The van der Waals surface area contributed by atoms with Crippen LogP contribution in [0.25, 0.3) is 27.6 Å². The van der Waals surface area contributed by atoms with Gasteiger partial charge in [0.2, 0.25) is 0 Å². The molecular weight excluding hydrogens is 238 g/mol. The van der Waals surface area contributed by atoms with E-state index in [2.05, 4.69) is 65.8 Å². The first-order valence-corrected chi connectivity index (χ1v) is 7.09. The van der Waals surface area contributed by atoms with Gasteiger partial charge in [-0.25, -0.2) is 0 Å². The summed E-state index contributed by atoms with van der Waals surface area (Å²) in [6.07, 6.45) is 5.50. The largest absolute Gasteiger partial charge is 0.353 e. The van der Waals surface area contributed by atoms with Gasteiger partial charge in [0.25, 0.3) is 0 Å². The summed E-state index contributed by atoms with van der Waals surface area (Å²) >= 11 is 1.77. The van der Waals surface area contributed by atoms with Crippen molar-refractivity contribution < 1.29 is 0 Å². The maximum atomic E-state index is 3.53. The molecule has 1 N–H and O–H groups in total. The van der Waals surface area contributed by atoms with E-state index in [-0.39, 0.29) is 0 Å². The Kier molecular flexibility index (Phi) is 3.03. The molecular formula is C16H15NS. The standard InChI is InChI=1S/C16H15NS/c1-2-3-7-13-12-8-4-5-9-14(12)17-16(13)15-10-6-11-18-15/h3-11,17H,2H2,1H3/b7-3+. The average molecular weight is 253 g/mol. The molecule has 1 nitrogen and oxygen atoms in total. The summed E-state index contributed by atoms with van der Waals surface area (Å²) in [6.45, 7) is 2.16. The lowest BCUT2D eigenvalue weighted by atomic mass is 10.1. The molecule has 0 aliphatic carbocycles. The zero-order valence-electron chi connectivity index (χ0n) is 10.3. The van der Waals surface area contributed by atoms with Crippen molar-refractivity contribution in [3.8, 4) is 10.6 Å². The maximum absolute atomic E-state index is 3.53. The second-order valence-corrected chi connectivity index (χ2v) is 5.19. The van der Waals surface area contributed by atoms with Gasteiger partial charge >= 0.3 is 0 Å². The summed E-state index contributed by atoms with van der Waals surface area (Å²) in [6, 6.07) is 12.7. The van der Waals surface area contributed by atoms with Crippen LogP contribution in [-0.4, -0.2) is 4.98 Å². The van der Waals surface area contributed by atoms with Gasteiger partial charge in [-0.15, -0.1) is 11.3 Å². The van der Waals surface area contributed by atoms with Crippen LogP contribution in [0.1, 0.15) is 18.9 Å². The highest BCUT2D eigenvalue weighted by molar-refractivity contribution is 7.13. The van der Waals surface area contributed by atoms with Crippen molar-refractivity contribution in [1.82, 2.24) is 4.98 Å². The Morgan fingerprint density at radius 3 is 2.83 bits per heavy atom. The zero-order chi connectivity index (χ0) is 12.4. The number of rotatable bonds is 3. The van der Waals surface area contributed by atoms with E-state index >= 15 is 0 Å². The fourth-order valence-electron chi connectivity index (χ4n) is 2.19. The highest BCUT2D eigenvalue weighted by atomic mass is 32.1. The van der Waals surface area contributed by atoms with Crippen molar-refractivity contribution in [3.63, 3.8) is 0 Å². The average Bonchev–Trinajstić information content (AvgIpc) is 3.03. The maximum Gasteiger partial charge on any atom is 0.0639 e. The number of fused-ring (bicyclic) bond motifs is 1. The molecule has 2 heteroatoms. The van der Waals surface area contributed by atoms with E-state index in [1.54, 1.807) is 11.3 Å². The molecule has 3 rings (SSSR count). The third-order valence-electron chi connectivity index (χ3n) is 3.03. The number of benzene rings is 1. The van der Waals surface area contributed by atoms with Gasteiger partial charge in [-0.1, -0.05) is 43.3 Å². The highest BCUT2D eigenvalue weighted by Crippen LogP contribution is 2.33. The van der Waals surface area contributed by atoms with Gasteiger partial charge in [-0.05, 0) is 23.9 Å². The lowest BCUT2D eigenvalue weighted by Gasteiger charge is -1.96. The molecule has 0 bridgehead atoms. The first-order chi connectivity index (χ1) is 8.90. The minimum absolute atomic E-state index is 1.06. The minimum atomic E-state index is 1.06. The zero-order valence-corrected chi connectivity index (χ0v) is 11.1. The number of hydrogen-bond donors (Lipinski definition) is 1. The second-order valence-electron chi connectivity index (χ2n) is 4.25. The Balaban J connectivity index is 2.26. The molecule has 0 unspecified atom stereocenters. The van der Waals surface area contributed by atoms with Gasteiger partial charge in [0.15, 0.2) is 0 Å². The van der Waals surface area contributed by atoms with E-state index in [0.29, 0.717) is 0 Å². The molecule has 90 valence electrons. The summed E-state index contributed by atoms with van der Waals surface area (Å²) in [5.41, 5.74) is 3.74. The fourth-order valence-corrected chi connectivity index (χ4v) is 2.93. The SMILES string of the molecule is CC/C=C/c1c(-c2cccs2)[nH]c2ccccc12. The number of aromatic amines is 1. The van der Waals surface area contributed by atoms with E-state index in [1.807, 2.05) is 0 Å². The summed E-state index contributed by atoms with van der Waals surface area (Å²) < 4.78 is 0. The van der Waals surface area contributed by atoms with E-state index in [1.165, 1.54) is 27.0 Å². The van der Waals surface area contributed by atoms with Crippen LogP contribution in [0.3, 0.4) is 0 Å². The molecule has 0 saturated heterocycles. The third-order valence-corrected chi connectivity index (χ3v) is 3.92. The molecule has 18 heavy (non-hydrogen) atoms. The first kappa shape index (κ1) is 11.3. The number of nitrogens with one attached hydrogen (secondary N) is 1. The van der Waals surface area contributed by atoms with Crippen LogP contribution in [0.4, 0.5) is 0 Å². The molecule has 2 aromatic heterocycles. The molecule has 0 aliphatic heterocycles. The van der Waals surface area contributed by atoms with Crippen LogP contribution in [-0.2, 0) is 0 Å². The van der Waals surface area contributed by atoms with Crippen LogP contribution in [0.15, 0.2) is 47.9 Å². The van der Waals surface area contributed by atoms with Gasteiger partial charge in [-0.3, -0.25) is 0 Å². The van der Waals surface area contributed by atoms with Crippen molar-refractivity contribution in [2.75, 3.05) is 0 Å². The predicted octanol–water partition coefficient (Wildman–Crippen LogP) is 5.32. The fraction of sp³-hybridized carbons (Fsp3) is 0.125. The molecule has 0 spiro atoms. The Labute approximate surface area is 111 Å². The van der Waals surface area contributed by atoms with Crippen LogP contribution >= 0.6 is 11.3 Å². The number of aromatic nitrogens is 1. The quantitative estimate of drug-likeness (QED) is 0.650. The van der Waals surface area contributed by atoms with E-state index in [0.717, 1.165) is 6.42 Å². The van der Waals surface area contributed by atoms with Crippen molar-refractivity contribution in [3.05, 3.63) is 53.4 Å². The Morgan fingerprint density at radius 2 is 2.06 bits per heavy atom. The lowest BCUT2D eigenvalue weighted by Crippen LogP contribution is -1.75. The van der Waals surface area contributed by atoms with E-state index in [4.69, 9.17) is 0 Å². The van der Waals surface area contributed by atoms with Gasteiger partial charge in [0.1, 0.15) is 0 Å². The van der Waals surface area contributed by atoms with Gasteiger partial charge < -0.3 is 4.98 Å². The summed E-state index contributed by atoms with van der Waals surface area (Å²) in [4.78, 5) is 4.83. The van der Waals surface area contributed by atoms with E-state index < -0.39 is 0 Å². The lowest BCUT2D eigenvalue weighted by molar-refractivity contribution is 1.23. The normalized spacial score (nSPS) is 11.6. The first-order valence-electron chi connectivity index (χ1n) is 6.21. The smallest absolute Gasteiger partial charge is 0.0639 e. The number of para-hydroxylation sites is 1. The van der Waals surface area contributed by atoms with Crippen LogP contribution < -0.4 is 0 Å². The Morgan fingerprint density at radius 1 is 1.17 bits per heavy atom. The van der Waals surface area contributed by atoms with Crippen LogP contribution in [0, 0.1) is 0 Å². The topological polar surface area (TPSA) is 15.8 Å². The molecule has 3 aromatic rings. The van der Waals surface area contributed by atoms with Crippen LogP contribution in [0.5, 0.6) is 0 Å². The van der Waals surface area contributed by atoms with Crippen molar-refractivity contribution in [2.45, 2.75) is 13.3 Å². The minimum Gasteiger partial charge on any atom is -0.353 e. The number of hydrogen-bond acceptors (Lipinski definition) is 1. The number of thiophene rings is 1. The third kappa shape index (κ3) is 1.89. The second kappa shape index (κ2) is 4.83. The van der Waals surface area contributed by atoms with Gasteiger partial charge in [-0.2, -0.15) is 0 Å². The molecule has 0 aliphatic rings. The molecule has 2 heterocycles. The number of allylic oxidation sites excluding steroid dienone is 1. The highest BCUT2D eigenvalue weighted by Gasteiger charge is 2.10. The van der Waals surface area contributed by atoms with Gasteiger partial charge in [0, 0.05) is 16.5 Å². The Hall–Kier alpha value is -1.80. The summed E-state index contributed by atoms with van der Waals surface area (Å²) in [7, 11) is 0. The molecule has 1 aromatic carbocycles. The molecule has 0 radical (unpaired) electrons. The molecule has 0 saturated carbocycles. The van der Waals surface area contributed by atoms with E-state index in [9.17, 15) is 0 Å². The van der Waals surface area contributed by atoms with Crippen molar-refractivity contribution in [2.24, 2.45) is 0 Å². The molecule has 0 atom stereocenters. The Bertz CT molecular complexity index is 674. The predicted molar refractivity (Wildman–Crippen MR) is 80.9 cm³/mol. The molecule has 0 amide bonds. The monoisotopic (exact) mass is 253 g/mol. The molecule has 0 fully saturated rings.